The molecule has 0 aromatic heterocycles. The Kier molecular flexibility index (Phi) is 7.21. The molecule has 2 fully saturated rings. The van der Waals surface area contributed by atoms with Crippen LogP contribution in [0.1, 0.15) is 71.3 Å². The van der Waals surface area contributed by atoms with Gasteiger partial charge in [-0.3, -0.25) is 19.3 Å². The van der Waals surface area contributed by atoms with Gasteiger partial charge in [0, 0.05) is 5.69 Å². The lowest BCUT2D eigenvalue weighted by Gasteiger charge is -2.36. The second-order valence-corrected chi connectivity index (χ2v) is 8.96. The van der Waals surface area contributed by atoms with E-state index in [0.717, 1.165) is 36.1 Å². The van der Waals surface area contributed by atoms with Gasteiger partial charge in [0.2, 0.25) is 0 Å². The van der Waals surface area contributed by atoms with Crippen molar-refractivity contribution < 1.29 is 23.9 Å². The number of hydrogen-bond donors (Lipinski definition) is 2. The highest BCUT2D eigenvalue weighted by atomic mass is 16.5. The molecule has 0 radical (unpaired) electrons. The number of urea groups is 1. The van der Waals surface area contributed by atoms with Crippen molar-refractivity contribution in [2.45, 2.75) is 77.4 Å². The van der Waals surface area contributed by atoms with E-state index in [2.05, 4.69) is 24.5 Å². The molecule has 8 nitrogen and oxygen atoms in total. The van der Waals surface area contributed by atoms with Crippen LogP contribution in [0, 0.1) is 5.92 Å². The summed E-state index contributed by atoms with van der Waals surface area (Å²) in [6.07, 6.45) is 3.13. The molecule has 174 valence electrons. The molecule has 1 aliphatic carbocycles. The zero-order valence-electron chi connectivity index (χ0n) is 19.3. The normalized spacial score (nSPS) is 24.8. The van der Waals surface area contributed by atoms with Crippen LogP contribution in [0.4, 0.5) is 10.5 Å². The number of hydrogen-bond acceptors (Lipinski definition) is 5. The quantitative estimate of drug-likeness (QED) is 0.495. The van der Waals surface area contributed by atoms with Gasteiger partial charge in [-0.25, -0.2) is 4.79 Å². The first-order valence-corrected chi connectivity index (χ1v) is 11.4. The fourth-order valence-electron chi connectivity index (χ4n) is 4.55. The minimum Gasteiger partial charge on any atom is -0.451 e. The molecule has 4 atom stereocenters. The predicted octanol–water partition coefficient (Wildman–Crippen LogP) is 3.57. The maximum Gasteiger partial charge on any atom is 0.327 e. The average molecular weight is 444 g/mol. The van der Waals surface area contributed by atoms with Gasteiger partial charge in [0.25, 0.3) is 11.8 Å². The summed E-state index contributed by atoms with van der Waals surface area (Å²) in [4.78, 5) is 51.4. The zero-order valence-corrected chi connectivity index (χ0v) is 19.3. The molecule has 1 aliphatic heterocycles. The molecule has 1 saturated carbocycles. The van der Waals surface area contributed by atoms with Crippen molar-refractivity contribution in [2.75, 3.05) is 11.9 Å². The molecule has 1 aromatic rings. The van der Waals surface area contributed by atoms with E-state index < -0.39 is 36.1 Å². The van der Waals surface area contributed by atoms with Gasteiger partial charge in [0.05, 0.1) is 0 Å². The van der Waals surface area contributed by atoms with Crippen LogP contribution < -0.4 is 10.6 Å². The van der Waals surface area contributed by atoms with E-state index in [9.17, 15) is 19.2 Å². The smallest absolute Gasteiger partial charge is 0.327 e. The van der Waals surface area contributed by atoms with Crippen molar-refractivity contribution in [1.29, 1.82) is 0 Å². The molecule has 4 amide bonds. The second-order valence-electron chi connectivity index (χ2n) is 8.96. The Morgan fingerprint density at radius 3 is 2.66 bits per heavy atom. The summed E-state index contributed by atoms with van der Waals surface area (Å²) in [5, 5.41) is 5.62. The van der Waals surface area contributed by atoms with Gasteiger partial charge in [-0.1, -0.05) is 51.8 Å². The van der Waals surface area contributed by atoms with Crippen LogP contribution in [-0.2, 0) is 19.1 Å². The largest absolute Gasteiger partial charge is 0.451 e. The molecule has 1 saturated heterocycles. The van der Waals surface area contributed by atoms with E-state index in [-0.39, 0.29) is 17.7 Å². The van der Waals surface area contributed by atoms with Gasteiger partial charge in [0.15, 0.2) is 6.10 Å². The van der Waals surface area contributed by atoms with Crippen molar-refractivity contribution in [1.82, 2.24) is 10.2 Å². The number of carbonyl (C=O) groups excluding carboxylic acids is 4. The highest BCUT2D eigenvalue weighted by Crippen LogP contribution is 2.38. The summed E-state index contributed by atoms with van der Waals surface area (Å²) in [5.74, 6) is -1.38. The number of anilines is 1. The lowest BCUT2D eigenvalue weighted by molar-refractivity contribution is -0.155. The van der Waals surface area contributed by atoms with Gasteiger partial charge in [-0.2, -0.15) is 0 Å². The Hall–Kier alpha value is -2.90. The van der Waals surface area contributed by atoms with Gasteiger partial charge in [0.1, 0.15) is 12.1 Å². The van der Waals surface area contributed by atoms with Crippen molar-refractivity contribution in [2.24, 2.45) is 5.92 Å². The van der Waals surface area contributed by atoms with Crippen LogP contribution in [0.25, 0.3) is 0 Å². The van der Waals surface area contributed by atoms with Crippen molar-refractivity contribution in [3.05, 3.63) is 29.8 Å². The molecule has 1 aromatic carbocycles. The highest BCUT2D eigenvalue weighted by Gasteiger charge is 2.55. The minimum atomic E-state index is -1.07. The number of para-hydroxylation sites is 1. The van der Waals surface area contributed by atoms with E-state index in [1.165, 1.54) is 6.92 Å². The summed E-state index contributed by atoms with van der Waals surface area (Å²) >= 11 is 0. The molecule has 2 aliphatic rings. The monoisotopic (exact) mass is 443 g/mol. The fourth-order valence-corrected chi connectivity index (χ4v) is 4.55. The highest BCUT2D eigenvalue weighted by molar-refractivity contribution is 6.09. The molecule has 8 heteroatoms. The summed E-state index contributed by atoms with van der Waals surface area (Å²) in [6, 6.07) is 6.93. The standard InChI is InChI=1S/C24H33N3O5/c1-5-15(2)18-11-6-7-12-19(18)25-21(29)17(4)32-20(28)14-27-22(30)24(26-23(27)31)13-9-8-10-16(24)3/h6-7,11-12,15-17H,5,8-10,13-14H2,1-4H3,(H,25,29)(H,26,31)/t15-,16+,17-,24+/m1/s1. The molecular weight excluding hydrogens is 410 g/mol. The number of benzene rings is 1. The Bertz CT molecular complexity index is 901. The number of ether oxygens (including phenoxy) is 1. The first-order chi connectivity index (χ1) is 15.2. The third kappa shape index (κ3) is 4.64. The van der Waals surface area contributed by atoms with E-state index in [1.54, 1.807) is 0 Å². The topological polar surface area (TPSA) is 105 Å². The van der Waals surface area contributed by atoms with E-state index in [4.69, 9.17) is 4.74 Å². The Morgan fingerprint density at radius 1 is 1.25 bits per heavy atom. The average Bonchev–Trinajstić information content (AvgIpc) is 3.00. The number of carbonyl (C=O) groups is 4. The third-order valence-electron chi connectivity index (χ3n) is 6.83. The maximum absolute atomic E-state index is 13.0. The first kappa shape index (κ1) is 23.8. The molecule has 3 rings (SSSR count). The van der Waals surface area contributed by atoms with Crippen LogP contribution in [0.5, 0.6) is 0 Å². The minimum absolute atomic E-state index is 0.00371. The van der Waals surface area contributed by atoms with E-state index in [0.29, 0.717) is 12.1 Å². The first-order valence-electron chi connectivity index (χ1n) is 11.4. The predicted molar refractivity (Wildman–Crippen MR) is 120 cm³/mol. The van der Waals surface area contributed by atoms with E-state index in [1.807, 2.05) is 31.2 Å². The Morgan fingerprint density at radius 2 is 1.97 bits per heavy atom. The molecule has 1 heterocycles. The van der Waals surface area contributed by atoms with Crippen LogP contribution >= 0.6 is 0 Å². The number of esters is 1. The molecule has 32 heavy (non-hydrogen) atoms. The van der Waals surface area contributed by atoms with Crippen molar-refractivity contribution >= 4 is 29.5 Å². The lowest BCUT2D eigenvalue weighted by Crippen LogP contribution is -2.54. The van der Waals surface area contributed by atoms with Crippen LogP contribution in [0.3, 0.4) is 0 Å². The maximum atomic E-state index is 13.0. The summed E-state index contributed by atoms with van der Waals surface area (Å²) < 4.78 is 5.25. The molecule has 1 spiro atoms. The molecular formula is C24H33N3O5. The van der Waals surface area contributed by atoms with Crippen LogP contribution in [-0.4, -0.2) is 46.9 Å². The fraction of sp³-hybridized carbons (Fsp3) is 0.583. The third-order valence-corrected chi connectivity index (χ3v) is 6.83. The number of nitrogens with one attached hydrogen (secondary N) is 2. The SMILES string of the molecule is CC[C@@H](C)c1ccccc1NC(=O)[C@@H](C)OC(=O)CN1C(=O)N[C@]2(CCCC[C@@H]2C)C1=O. The van der Waals surface area contributed by atoms with Gasteiger partial charge >= 0.3 is 12.0 Å². The number of imide groups is 1. The summed E-state index contributed by atoms with van der Waals surface area (Å²) in [6.45, 7) is 7.05. The summed E-state index contributed by atoms with van der Waals surface area (Å²) in [7, 11) is 0. The van der Waals surface area contributed by atoms with Crippen molar-refractivity contribution in [3.8, 4) is 0 Å². The number of rotatable bonds is 7. The Balaban J connectivity index is 1.60. The van der Waals surface area contributed by atoms with Crippen LogP contribution in [0.2, 0.25) is 0 Å². The van der Waals surface area contributed by atoms with E-state index >= 15 is 0 Å². The molecule has 0 bridgehead atoms. The Labute approximate surface area is 189 Å². The zero-order chi connectivity index (χ0) is 23.5. The molecule has 0 unspecified atom stereocenters. The summed E-state index contributed by atoms with van der Waals surface area (Å²) in [5.41, 5.74) is 0.753. The number of nitrogens with zero attached hydrogens (tertiary/aromatic N) is 1. The second kappa shape index (κ2) is 9.71. The number of amides is 4. The molecule has 2 N–H and O–H groups in total. The van der Waals surface area contributed by atoms with Crippen LogP contribution in [0.15, 0.2) is 24.3 Å². The van der Waals surface area contributed by atoms with Gasteiger partial charge < -0.3 is 15.4 Å². The van der Waals surface area contributed by atoms with Crippen molar-refractivity contribution in [3.63, 3.8) is 0 Å². The van der Waals surface area contributed by atoms with Gasteiger partial charge in [-0.05, 0) is 49.7 Å². The van der Waals surface area contributed by atoms with Gasteiger partial charge in [-0.15, -0.1) is 0 Å². The lowest BCUT2D eigenvalue weighted by atomic mass is 9.73.